The highest BCUT2D eigenvalue weighted by molar-refractivity contribution is 9.10. The van der Waals surface area contributed by atoms with E-state index >= 15 is 0 Å². The number of hydrogen-bond acceptors (Lipinski definition) is 2. The van der Waals surface area contributed by atoms with Gasteiger partial charge < -0.3 is 10.2 Å². The minimum Gasteiger partial charge on any atom is -0.481 e. The standard InChI is InChI=1S/C14H19BrO3/c1-14(13(17)18,7-2-3-8-16)10-11-5-4-6-12(15)9-11/h4-6,9,16H,2-3,7-8,10H2,1H3,(H,17,18)/t14-/m0/s1. The second-order valence-electron chi connectivity index (χ2n) is 4.85. The zero-order valence-electron chi connectivity index (χ0n) is 10.5. The lowest BCUT2D eigenvalue weighted by Gasteiger charge is -2.25. The highest BCUT2D eigenvalue weighted by atomic mass is 79.9. The lowest BCUT2D eigenvalue weighted by Crippen LogP contribution is -2.30. The molecule has 1 aromatic carbocycles. The van der Waals surface area contributed by atoms with Crippen molar-refractivity contribution in [1.29, 1.82) is 0 Å². The Bertz CT molecular complexity index is 406. The van der Waals surface area contributed by atoms with E-state index in [1.807, 2.05) is 24.3 Å². The largest absolute Gasteiger partial charge is 0.481 e. The van der Waals surface area contributed by atoms with E-state index in [0.29, 0.717) is 19.3 Å². The molecule has 2 N–H and O–H groups in total. The lowest BCUT2D eigenvalue weighted by atomic mass is 9.79. The van der Waals surface area contributed by atoms with E-state index in [-0.39, 0.29) is 6.61 Å². The maximum Gasteiger partial charge on any atom is 0.309 e. The number of carboxylic acids is 1. The summed E-state index contributed by atoms with van der Waals surface area (Å²) in [7, 11) is 0. The quantitative estimate of drug-likeness (QED) is 0.760. The molecule has 0 saturated heterocycles. The maximum atomic E-state index is 11.4. The van der Waals surface area contributed by atoms with Gasteiger partial charge in [-0.1, -0.05) is 34.5 Å². The Morgan fingerprint density at radius 2 is 2.11 bits per heavy atom. The Morgan fingerprint density at radius 3 is 2.67 bits per heavy atom. The molecule has 1 atom stereocenters. The van der Waals surface area contributed by atoms with E-state index in [1.54, 1.807) is 6.92 Å². The molecule has 0 bridgehead atoms. The van der Waals surface area contributed by atoms with Gasteiger partial charge in [-0.3, -0.25) is 4.79 Å². The van der Waals surface area contributed by atoms with Gasteiger partial charge in [0.1, 0.15) is 0 Å². The Morgan fingerprint density at radius 1 is 1.39 bits per heavy atom. The molecule has 0 saturated carbocycles. The topological polar surface area (TPSA) is 57.5 Å². The van der Waals surface area contributed by atoms with E-state index in [1.165, 1.54) is 0 Å². The van der Waals surface area contributed by atoms with Crippen LogP contribution in [0.2, 0.25) is 0 Å². The predicted molar refractivity (Wildman–Crippen MR) is 74.5 cm³/mol. The summed E-state index contributed by atoms with van der Waals surface area (Å²) < 4.78 is 0.961. The number of hydrogen-bond donors (Lipinski definition) is 2. The Kier molecular flexibility index (Phi) is 5.82. The second kappa shape index (κ2) is 6.90. The molecule has 0 amide bonds. The molecule has 3 nitrogen and oxygen atoms in total. The fourth-order valence-corrected chi connectivity index (χ4v) is 2.44. The third kappa shape index (κ3) is 4.42. The molecule has 0 fully saturated rings. The fraction of sp³-hybridized carbons (Fsp3) is 0.500. The van der Waals surface area contributed by atoms with Crippen LogP contribution in [0.1, 0.15) is 31.7 Å². The van der Waals surface area contributed by atoms with Gasteiger partial charge in [-0.05, 0) is 43.9 Å². The van der Waals surface area contributed by atoms with E-state index in [4.69, 9.17) is 5.11 Å². The van der Waals surface area contributed by atoms with Gasteiger partial charge in [0.05, 0.1) is 5.41 Å². The van der Waals surface area contributed by atoms with Crippen LogP contribution in [0.25, 0.3) is 0 Å². The molecule has 0 spiro atoms. The summed E-state index contributed by atoms with van der Waals surface area (Å²) in [6.45, 7) is 1.89. The molecule has 0 unspecified atom stereocenters. The summed E-state index contributed by atoms with van der Waals surface area (Å²) in [6.07, 6.45) is 2.47. The summed E-state index contributed by atoms with van der Waals surface area (Å²) in [4.78, 5) is 11.4. The zero-order chi connectivity index (χ0) is 13.6. The number of aliphatic carboxylic acids is 1. The molecule has 1 rings (SSSR count). The molecule has 0 heterocycles. The normalized spacial score (nSPS) is 14.2. The van der Waals surface area contributed by atoms with Gasteiger partial charge in [0.2, 0.25) is 0 Å². The van der Waals surface area contributed by atoms with Crippen LogP contribution in [-0.2, 0) is 11.2 Å². The molecule has 0 aliphatic rings. The summed E-state index contributed by atoms with van der Waals surface area (Å²) in [6, 6.07) is 7.73. The van der Waals surface area contributed by atoms with Crippen molar-refractivity contribution in [2.45, 2.75) is 32.6 Å². The van der Waals surface area contributed by atoms with Crippen molar-refractivity contribution < 1.29 is 15.0 Å². The van der Waals surface area contributed by atoms with Crippen LogP contribution in [0.5, 0.6) is 0 Å². The smallest absolute Gasteiger partial charge is 0.309 e. The highest BCUT2D eigenvalue weighted by Gasteiger charge is 2.32. The average Bonchev–Trinajstić information content (AvgIpc) is 2.29. The highest BCUT2D eigenvalue weighted by Crippen LogP contribution is 2.30. The molecule has 0 aromatic heterocycles. The van der Waals surface area contributed by atoms with E-state index in [9.17, 15) is 9.90 Å². The van der Waals surface area contributed by atoms with E-state index < -0.39 is 11.4 Å². The third-order valence-corrected chi connectivity index (χ3v) is 3.63. The van der Waals surface area contributed by atoms with Crippen LogP contribution in [-0.4, -0.2) is 22.8 Å². The minimum atomic E-state index is -0.777. The number of aliphatic hydroxyl groups is 1. The Labute approximate surface area is 116 Å². The van der Waals surface area contributed by atoms with Crippen molar-refractivity contribution in [3.8, 4) is 0 Å². The first-order valence-electron chi connectivity index (χ1n) is 6.06. The van der Waals surface area contributed by atoms with Crippen molar-refractivity contribution in [3.63, 3.8) is 0 Å². The minimum absolute atomic E-state index is 0.118. The first-order valence-corrected chi connectivity index (χ1v) is 6.86. The van der Waals surface area contributed by atoms with Crippen molar-refractivity contribution in [2.75, 3.05) is 6.61 Å². The number of halogens is 1. The summed E-state index contributed by atoms with van der Waals surface area (Å²) in [5.41, 5.74) is 0.244. The lowest BCUT2D eigenvalue weighted by molar-refractivity contribution is -0.148. The Hall–Kier alpha value is -0.870. The van der Waals surface area contributed by atoms with Gasteiger partial charge in [0.15, 0.2) is 0 Å². The van der Waals surface area contributed by atoms with Crippen LogP contribution in [0.15, 0.2) is 28.7 Å². The third-order valence-electron chi connectivity index (χ3n) is 3.14. The van der Waals surface area contributed by atoms with E-state index in [2.05, 4.69) is 15.9 Å². The fourth-order valence-electron chi connectivity index (χ4n) is 2.00. The van der Waals surface area contributed by atoms with Crippen LogP contribution in [0.3, 0.4) is 0 Å². The molecule has 100 valence electrons. The second-order valence-corrected chi connectivity index (χ2v) is 5.77. The summed E-state index contributed by atoms with van der Waals surface area (Å²) >= 11 is 3.39. The SMILES string of the molecule is C[C@](CCCCO)(Cc1cccc(Br)c1)C(=O)O. The number of rotatable bonds is 7. The first-order chi connectivity index (χ1) is 8.48. The van der Waals surface area contributed by atoms with Crippen LogP contribution < -0.4 is 0 Å². The molecule has 0 aliphatic carbocycles. The number of benzene rings is 1. The van der Waals surface area contributed by atoms with Crippen molar-refractivity contribution >= 4 is 21.9 Å². The van der Waals surface area contributed by atoms with Crippen LogP contribution in [0, 0.1) is 5.41 Å². The van der Waals surface area contributed by atoms with Gasteiger partial charge >= 0.3 is 5.97 Å². The molecule has 18 heavy (non-hydrogen) atoms. The maximum absolute atomic E-state index is 11.4. The Balaban J connectivity index is 2.76. The number of carbonyl (C=O) groups is 1. The van der Waals surface area contributed by atoms with Crippen molar-refractivity contribution in [2.24, 2.45) is 5.41 Å². The molecular formula is C14H19BrO3. The molecular weight excluding hydrogens is 296 g/mol. The van der Waals surface area contributed by atoms with Crippen molar-refractivity contribution in [1.82, 2.24) is 0 Å². The monoisotopic (exact) mass is 314 g/mol. The number of aliphatic hydroxyl groups excluding tert-OH is 1. The summed E-state index contributed by atoms with van der Waals surface area (Å²) in [5.74, 6) is -0.777. The molecule has 0 aliphatic heterocycles. The molecule has 4 heteroatoms. The summed E-state index contributed by atoms with van der Waals surface area (Å²) in [5, 5.41) is 18.2. The van der Waals surface area contributed by atoms with Gasteiger partial charge in [-0.2, -0.15) is 0 Å². The molecule has 0 radical (unpaired) electrons. The van der Waals surface area contributed by atoms with Crippen LogP contribution >= 0.6 is 15.9 Å². The molecule has 1 aromatic rings. The number of carboxylic acid groups (broad SMARTS) is 1. The van der Waals surface area contributed by atoms with Crippen LogP contribution in [0.4, 0.5) is 0 Å². The van der Waals surface area contributed by atoms with Gasteiger partial charge in [0.25, 0.3) is 0 Å². The van der Waals surface area contributed by atoms with Crippen molar-refractivity contribution in [3.05, 3.63) is 34.3 Å². The predicted octanol–water partition coefficient (Wildman–Crippen LogP) is 3.25. The first kappa shape index (κ1) is 15.2. The number of unbranched alkanes of at least 4 members (excludes halogenated alkanes) is 1. The van der Waals surface area contributed by atoms with Gasteiger partial charge in [-0.25, -0.2) is 0 Å². The van der Waals surface area contributed by atoms with E-state index in [0.717, 1.165) is 16.5 Å². The zero-order valence-corrected chi connectivity index (χ0v) is 12.1. The average molecular weight is 315 g/mol. The van der Waals surface area contributed by atoms with Gasteiger partial charge in [-0.15, -0.1) is 0 Å². The van der Waals surface area contributed by atoms with Gasteiger partial charge in [0, 0.05) is 11.1 Å².